The number of benzene rings is 1. The molecule has 3 aromatic rings. The van der Waals surface area contributed by atoms with Crippen LogP contribution >= 0.6 is 0 Å². The van der Waals surface area contributed by atoms with E-state index in [1.165, 1.54) is 29.0 Å². The molecule has 0 aliphatic heterocycles. The monoisotopic (exact) mass is 425 g/mol. The maximum atomic E-state index is 13.2. The van der Waals surface area contributed by atoms with Crippen molar-refractivity contribution in [3.05, 3.63) is 70.3 Å². The molecule has 0 aliphatic rings. The second kappa shape index (κ2) is 7.32. The Kier molecular flexibility index (Phi) is 5.18. The number of hydrogen-bond acceptors (Lipinski definition) is 6. The van der Waals surface area contributed by atoms with Crippen LogP contribution in [-0.4, -0.2) is 34.3 Å². The molecule has 0 amide bonds. The molecule has 0 spiro atoms. The van der Waals surface area contributed by atoms with Crippen molar-refractivity contribution in [3.8, 4) is 17.0 Å². The van der Waals surface area contributed by atoms with E-state index in [1.807, 2.05) is 0 Å². The molecule has 29 heavy (non-hydrogen) atoms. The SMILES string of the molecule is CS(=O)(=O)c1nc(-c2ccc(=O)n(Cc3cccc(O)c3)c2)cc(C(F)(F)F)n1. The average molecular weight is 425 g/mol. The lowest BCUT2D eigenvalue weighted by atomic mass is 10.1. The molecule has 0 saturated carbocycles. The second-order valence-electron chi connectivity index (χ2n) is 6.24. The van der Waals surface area contributed by atoms with Gasteiger partial charge in [-0.3, -0.25) is 4.79 Å². The first-order valence-electron chi connectivity index (χ1n) is 8.08. The van der Waals surface area contributed by atoms with Gasteiger partial charge in [-0.25, -0.2) is 18.4 Å². The molecule has 152 valence electrons. The van der Waals surface area contributed by atoms with Crippen molar-refractivity contribution in [2.24, 2.45) is 0 Å². The molecule has 0 aliphatic carbocycles. The van der Waals surface area contributed by atoms with E-state index in [1.54, 1.807) is 12.1 Å². The fraction of sp³-hybridized carbons (Fsp3) is 0.167. The van der Waals surface area contributed by atoms with Crippen molar-refractivity contribution in [2.75, 3.05) is 6.26 Å². The maximum absolute atomic E-state index is 13.2. The van der Waals surface area contributed by atoms with Gasteiger partial charge >= 0.3 is 6.18 Å². The van der Waals surface area contributed by atoms with Crippen molar-refractivity contribution in [1.29, 1.82) is 0 Å². The Morgan fingerprint density at radius 3 is 2.45 bits per heavy atom. The van der Waals surface area contributed by atoms with Crippen molar-refractivity contribution >= 4 is 9.84 Å². The van der Waals surface area contributed by atoms with Crippen LogP contribution in [0.5, 0.6) is 5.75 Å². The Bertz CT molecular complexity index is 1240. The third-order valence-corrected chi connectivity index (χ3v) is 4.72. The molecule has 1 aromatic carbocycles. The number of rotatable bonds is 4. The Hall–Kier alpha value is -3.21. The van der Waals surface area contributed by atoms with Crippen LogP contribution in [0.2, 0.25) is 0 Å². The highest BCUT2D eigenvalue weighted by Crippen LogP contribution is 2.30. The third-order valence-electron chi connectivity index (χ3n) is 3.87. The number of nitrogens with zero attached hydrogens (tertiary/aromatic N) is 3. The molecule has 7 nitrogen and oxygen atoms in total. The number of phenols is 1. The lowest BCUT2D eigenvalue weighted by Crippen LogP contribution is -2.19. The number of sulfone groups is 1. The summed E-state index contributed by atoms with van der Waals surface area (Å²) in [5.41, 5.74) is -1.46. The standard InChI is InChI=1S/C18H14F3N3O4S/c1-29(27,28)17-22-14(8-15(23-17)18(19,20)21)12-5-6-16(26)24(10-12)9-11-3-2-4-13(25)7-11/h2-8,10,25H,9H2,1H3. The van der Waals surface area contributed by atoms with Crippen LogP contribution in [0.3, 0.4) is 0 Å². The van der Waals surface area contributed by atoms with Crippen LogP contribution in [0.4, 0.5) is 13.2 Å². The normalized spacial score (nSPS) is 12.1. The second-order valence-corrected chi connectivity index (χ2v) is 8.15. The first-order valence-corrected chi connectivity index (χ1v) is 9.98. The van der Waals surface area contributed by atoms with Crippen molar-refractivity contribution in [3.63, 3.8) is 0 Å². The highest BCUT2D eigenvalue weighted by atomic mass is 32.2. The molecule has 0 radical (unpaired) electrons. The molecule has 0 atom stereocenters. The highest BCUT2D eigenvalue weighted by Gasteiger charge is 2.35. The van der Waals surface area contributed by atoms with E-state index >= 15 is 0 Å². The predicted molar refractivity (Wildman–Crippen MR) is 97.0 cm³/mol. The largest absolute Gasteiger partial charge is 0.508 e. The Morgan fingerprint density at radius 2 is 1.83 bits per heavy atom. The van der Waals surface area contributed by atoms with Gasteiger partial charge < -0.3 is 9.67 Å². The predicted octanol–water partition coefficient (Wildman–Crippen LogP) is 2.48. The van der Waals surface area contributed by atoms with Gasteiger partial charge in [0.1, 0.15) is 11.4 Å². The minimum absolute atomic E-state index is 0.00452. The Balaban J connectivity index is 2.12. The van der Waals surface area contributed by atoms with E-state index in [0.29, 0.717) is 17.9 Å². The minimum Gasteiger partial charge on any atom is -0.508 e. The fourth-order valence-electron chi connectivity index (χ4n) is 2.54. The van der Waals surface area contributed by atoms with Gasteiger partial charge in [0.2, 0.25) is 15.0 Å². The summed E-state index contributed by atoms with van der Waals surface area (Å²) >= 11 is 0. The molecule has 0 unspecified atom stereocenters. The molecule has 0 bridgehead atoms. The smallest absolute Gasteiger partial charge is 0.433 e. The molecule has 11 heteroatoms. The van der Waals surface area contributed by atoms with Crippen LogP contribution < -0.4 is 5.56 Å². The van der Waals surface area contributed by atoms with Gasteiger partial charge in [-0.15, -0.1) is 0 Å². The van der Waals surface area contributed by atoms with E-state index in [-0.39, 0.29) is 23.6 Å². The summed E-state index contributed by atoms with van der Waals surface area (Å²) < 4.78 is 64.1. The lowest BCUT2D eigenvalue weighted by Gasteiger charge is -2.12. The van der Waals surface area contributed by atoms with Crippen LogP contribution in [0.25, 0.3) is 11.3 Å². The number of alkyl halides is 3. The lowest BCUT2D eigenvalue weighted by molar-refractivity contribution is -0.141. The fourth-order valence-corrected chi connectivity index (χ4v) is 3.07. The van der Waals surface area contributed by atoms with E-state index in [9.17, 15) is 31.5 Å². The van der Waals surface area contributed by atoms with Crippen molar-refractivity contribution in [2.45, 2.75) is 17.9 Å². The first-order chi connectivity index (χ1) is 13.4. The van der Waals surface area contributed by atoms with E-state index < -0.39 is 32.4 Å². The van der Waals surface area contributed by atoms with Gasteiger partial charge in [-0.05, 0) is 29.8 Å². The Morgan fingerprint density at radius 1 is 1.10 bits per heavy atom. The summed E-state index contributed by atoms with van der Waals surface area (Å²) in [5.74, 6) is -0.00452. The quantitative estimate of drug-likeness (QED) is 0.645. The van der Waals surface area contributed by atoms with Crippen LogP contribution in [0.1, 0.15) is 11.3 Å². The third kappa shape index (κ3) is 4.80. The molecule has 3 rings (SSSR count). The first kappa shape index (κ1) is 20.5. The summed E-state index contributed by atoms with van der Waals surface area (Å²) in [6.45, 7) is 0.0389. The van der Waals surface area contributed by atoms with Crippen LogP contribution in [0, 0.1) is 0 Å². The number of halogens is 3. The van der Waals surface area contributed by atoms with Gasteiger partial charge in [-0.2, -0.15) is 13.2 Å². The zero-order chi connectivity index (χ0) is 21.4. The summed E-state index contributed by atoms with van der Waals surface area (Å²) in [4.78, 5) is 19.0. The van der Waals surface area contributed by atoms with Crippen LogP contribution in [0.15, 0.2) is 58.6 Å². The zero-order valence-corrected chi connectivity index (χ0v) is 15.7. The molecule has 0 fully saturated rings. The number of phenolic OH excluding ortho intramolecular Hbond substituents is 1. The van der Waals surface area contributed by atoms with E-state index in [0.717, 1.165) is 6.07 Å². The molecule has 0 saturated heterocycles. The van der Waals surface area contributed by atoms with Gasteiger partial charge in [-0.1, -0.05) is 12.1 Å². The van der Waals surface area contributed by atoms with Gasteiger partial charge in [0.25, 0.3) is 5.56 Å². The average Bonchev–Trinajstić information content (AvgIpc) is 2.62. The number of hydrogen-bond donors (Lipinski definition) is 1. The molecular formula is C18H14F3N3O4S. The zero-order valence-electron chi connectivity index (χ0n) is 14.9. The number of pyridine rings is 1. The summed E-state index contributed by atoms with van der Waals surface area (Å²) in [6, 6.07) is 9.13. The van der Waals surface area contributed by atoms with E-state index in [2.05, 4.69) is 9.97 Å². The summed E-state index contributed by atoms with van der Waals surface area (Å²) in [7, 11) is -4.11. The number of aromatic hydroxyl groups is 1. The number of aromatic nitrogens is 3. The molecular weight excluding hydrogens is 411 g/mol. The molecule has 2 aromatic heterocycles. The molecule has 2 heterocycles. The summed E-state index contributed by atoms with van der Waals surface area (Å²) in [6.07, 6.45) is -2.91. The van der Waals surface area contributed by atoms with Crippen molar-refractivity contribution < 1.29 is 26.7 Å². The van der Waals surface area contributed by atoms with Gasteiger partial charge in [0.15, 0.2) is 0 Å². The summed E-state index contributed by atoms with van der Waals surface area (Å²) in [5, 5.41) is 8.57. The Labute approximate surface area is 163 Å². The van der Waals surface area contributed by atoms with Crippen molar-refractivity contribution in [1.82, 2.24) is 14.5 Å². The van der Waals surface area contributed by atoms with Gasteiger partial charge in [0.05, 0.1) is 12.2 Å². The van der Waals surface area contributed by atoms with Gasteiger partial charge in [0, 0.05) is 24.1 Å². The van der Waals surface area contributed by atoms with Crippen LogP contribution in [-0.2, 0) is 22.6 Å². The topological polar surface area (TPSA) is 102 Å². The molecule has 1 N–H and O–H groups in total. The van der Waals surface area contributed by atoms with E-state index in [4.69, 9.17) is 0 Å². The maximum Gasteiger partial charge on any atom is 0.433 e. The minimum atomic E-state index is -4.88. The highest BCUT2D eigenvalue weighted by molar-refractivity contribution is 7.90.